The average Bonchev–Trinajstić information content (AvgIpc) is 2.63. The van der Waals surface area contributed by atoms with E-state index in [0.29, 0.717) is 35.6 Å². The van der Waals surface area contributed by atoms with Crippen molar-refractivity contribution in [1.29, 1.82) is 0 Å². The Morgan fingerprint density at radius 2 is 1.74 bits per heavy atom. The molecule has 0 bridgehead atoms. The number of amides is 1. The van der Waals surface area contributed by atoms with Gasteiger partial charge in [0.1, 0.15) is 0 Å². The number of hydrogen-bond acceptors (Lipinski definition) is 3. The van der Waals surface area contributed by atoms with Crippen LogP contribution in [0.4, 0.5) is 5.69 Å². The fraction of sp³-hybridized carbons (Fsp3) is 0.350. The van der Waals surface area contributed by atoms with Gasteiger partial charge in [-0.05, 0) is 48.6 Å². The number of benzene rings is 2. The molecule has 0 saturated carbocycles. The molecule has 2 aromatic rings. The summed E-state index contributed by atoms with van der Waals surface area (Å²) in [5.41, 5.74) is 0.755. The molecule has 1 aliphatic rings. The minimum Gasteiger partial charge on any atom is -0.321 e. The summed E-state index contributed by atoms with van der Waals surface area (Å²) in [6.45, 7) is 5.13. The maximum atomic E-state index is 13.0. The molecule has 1 aliphatic heterocycles. The van der Waals surface area contributed by atoms with E-state index in [1.54, 1.807) is 36.4 Å². The minimum atomic E-state index is -3.64. The lowest BCUT2D eigenvalue weighted by atomic mass is 9.94. The Bertz CT molecular complexity index is 936. The van der Waals surface area contributed by atoms with E-state index in [0.717, 1.165) is 6.42 Å². The third-order valence-corrected chi connectivity index (χ3v) is 6.85. The predicted octanol–water partition coefficient (Wildman–Crippen LogP) is 4.26. The second-order valence-corrected chi connectivity index (χ2v) is 9.58. The lowest BCUT2D eigenvalue weighted by Gasteiger charge is -2.34. The standard InChI is InChI=1S/C20H23ClN2O3S/c1-14-10-15(2)13-23(12-14)27(25,26)17-7-5-6-16(11-17)20(24)22-19-9-4-3-8-18(19)21/h3-9,11,14-15H,10,12-13H2,1-2H3,(H,22,24)/t14-,15-/m0/s1. The fourth-order valence-corrected chi connectivity index (χ4v) is 5.41. The van der Waals surface area contributed by atoms with Crippen LogP contribution in [0.3, 0.4) is 0 Å². The van der Waals surface area contributed by atoms with Gasteiger partial charge < -0.3 is 5.32 Å². The van der Waals surface area contributed by atoms with Crippen LogP contribution in [0.25, 0.3) is 0 Å². The normalized spacial score (nSPS) is 21.0. The van der Waals surface area contributed by atoms with Gasteiger partial charge >= 0.3 is 0 Å². The highest BCUT2D eigenvalue weighted by Crippen LogP contribution is 2.27. The van der Waals surface area contributed by atoms with Crippen molar-refractivity contribution in [3.05, 3.63) is 59.1 Å². The first-order valence-electron chi connectivity index (χ1n) is 8.93. The third-order valence-electron chi connectivity index (χ3n) is 4.69. The molecule has 1 fully saturated rings. The summed E-state index contributed by atoms with van der Waals surface area (Å²) < 4.78 is 27.6. The van der Waals surface area contributed by atoms with E-state index < -0.39 is 15.9 Å². The number of anilines is 1. The number of hydrogen-bond donors (Lipinski definition) is 1. The first kappa shape index (κ1) is 19.9. The third kappa shape index (κ3) is 4.51. The number of piperidine rings is 1. The molecule has 2 aromatic carbocycles. The number of sulfonamides is 1. The summed E-state index contributed by atoms with van der Waals surface area (Å²) in [7, 11) is -3.64. The van der Waals surface area contributed by atoms with Gasteiger partial charge in [0.05, 0.1) is 15.6 Å². The van der Waals surface area contributed by atoms with E-state index in [-0.39, 0.29) is 10.5 Å². The number of rotatable bonds is 4. The van der Waals surface area contributed by atoms with Gasteiger partial charge in [0.25, 0.3) is 5.91 Å². The van der Waals surface area contributed by atoms with E-state index in [4.69, 9.17) is 11.6 Å². The zero-order valence-electron chi connectivity index (χ0n) is 15.4. The zero-order chi connectivity index (χ0) is 19.6. The van der Waals surface area contributed by atoms with Gasteiger partial charge in [-0.25, -0.2) is 8.42 Å². The summed E-state index contributed by atoms with van der Waals surface area (Å²) in [6.07, 6.45) is 1.02. The number of carbonyl (C=O) groups is 1. The molecule has 0 aromatic heterocycles. The van der Waals surface area contributed by atoms with Crippen molar-refractivity contribution in [3.8, 4) is 0 Å². The summed E-state index contributed by atoms with van der Waals surface area (Å²) in [4.78, 5) is 12.7. The van der Waals surface area contributed by atoms with Gasteiger partial charge in [-0.15, -0.1) is 0 Å². The first-order chi connectivity index (χ1) is 12.8. The maximum Gasteiger partial charge on any atom is 0.255 e. The van der Waals surface area contributed by atoms with E-state index in [2.05, 4.69) is 19.2 Å². The minimum absolute atomic E-state index is 0.135. The van der Waals surface area contributed by atoms with Crippen LogP contribution < -0.4 is 5.32 Å². The van der Waals surface area contributed by atoms with Crippen LogP contribution in [0.2, 0.25) is 5.02 Å². The van der Waals surface area contributed by atoms with Gasteiger partial charge in [-0.1, -0.05) is 43.6 Å². The molecule has 5 nitrogen and oxygen atoms in total. The van der Waals surface area contributed by atoms with Crippen LogP contribution in [-0.2, 0) is 10.0 Å². The quantitative estimate of drug-likeness (QED) is 0.824. The van der Waals surface area contributed by atoms with Crippen LogP contribution in [0.1, 0.15) is 30.6 Å². The van der Waals surface area contributed by atoms with Crippen LogP contribution in [-0.4, -0.2) is 31.7 Å². The molecule has 27 heavy (non-hydrogen) atoms. The van der Waals surface area contributed by atoms with Gasteiger partial charge in [0, 0.05) is 18.7 Å². The average molecular weight is 407 g/mol. The van der Waals surface area contributed by atoms with E-state index in [1.165, 1.54) is 16.4 Å². The van der Waals surface area contributed by atoms with E-state index in [1.807, 2.05) is 0 Å². The highest BCUT2D eigenvalue weighted by Gasteiger charge is 2.31. The molecular formula is C20H23ClN2O3S. The molecule has 1 heterocycles. The summed E-state index contributed by atoms with van der Waals surface area (Å²) >= 11 is 6.07. The Balaban J connectivity index is 1.84. The second kappa shape index (κ2) is 8.00. The number of carbonyl (C=O) groups excluding carboxylic acids is 1. The van der Waals surface area contributed by atoms with E-state index >= 15 is 0 Å². The Morgan fingerprint density at radius 3 is 2.41 bits per heavy atom. The highest BCUT2D eigenvalue weighted by molar-refractivity contribution is 7.89. The number of halogens is 1. The van der Waals surface area contributed by atoms with Crippen molar-refractivity contribution in [2.24, 2.45) is 11.8 Å². The lowest BCUT2D eigenvalue weighted by Crippen LogP contribution is -2.42. The molecule has 0 aliphatic carbocycles. The summed E-state index contributed by atoms with van der Waals surface area (Å²) in [5.74, 6) is 0.228. The summed E-state index contributed by atoms with van der Waals surface area (Å²) in [5, 5.41) is 3.14. The van der Waals surface area contributed by atoms with Crippen molar-refractivity contribution < 1.29 is 13.2 Å². The van der Waals surface area contributed by atoms with Crippen molar-refractivity contribution in [1.82, 2.24) is 4.31 Å². The van der Waals surface area contributed by atoms with Gasteiger partial charge in [-0.3, -0.25) is 4.79 Å². The Morgan fingerprint density at radius 1 is 1.07 bits per heavy atom. The van der Waals surface area contributed by atoms with Gasteiger partial charge in [-0.2, -0.15) is 4.31 Å². The largest absolute Gasteiger partial charge is 0.321 e. The van der Waals surface area contributed by atoms with Gasteiger partial charge in [0.2, 0.25) is 10.0 Å². The van der Waals surface area contributed by atoms with E-state index in [9.17, 15) is 13.2 Å². The SMILES string of the molecule is C[C@H]1C[C@H](C)CN(S(=O)(=O)c2cccc(C(=O)Nc3ccccc3Cl)c2)C1. The van der Waals surface area contributed by atoms with Crippen LogP contribution >= 0.6 is 11.6 Å². The highest BCUT2D eigenvalue weighted by atomic mass is 35.5. The molecule has 0 unspecified atom stereocenters. The number of nitrogens with one attached hydrogen (secondary N) is 1. The lowest BCUT2D eigenvalue weighted by molar-refractivity contribution is 0.102. The number of para-hydroxylation sites is 1. The molecule has 0 spiro atoms. The van der Waals surface area contributed by atoms with Crippen LogP contribution in [0.15, 0.2) is 53.4 Å². The summed E-state index contributed by atoms with van der Waals surface area (Å²) in [6, 6.07) is 13.0. The molecule has 0 radical (unpaired) electrons. The number of nitrogens with zero attached hydrogens (tertiary/aromatic N) is 1. The predicted molar refractivity (Wildman–Crippen MR) is 108 cm³/mol. The fourth-order valence-electron chi connectivity index (χ4n) is 3.51. The molecule has 1 amide bonds. The molecule has 1 saturated heterocycles. The zero-order valence-corrected chi connectivity index (χ0v) is 16.9. The van der Waals surface area contributed by atoms with Crippen molar-refractivity contribution in [3.63, 3.8) is 0 Å². The van der Waals surface area contributed by atoms with Crippen LogP contribution in [0, 0.1) is 11.8 Å². The van der Waals surface area contributed by atoms with Crippen molar-refractivity contribution in [2.75, 3.05) is 18.4 Å². The smallest absolute Gasteiger partial charge is 0.255 e. The molecule has 3 rings (SSSR count). The van der Waals surface area contributed by atoms with Gasteiger partial charge in [0.15, 0.2) is 0 Å². The van der Waals surface area contributed by atoms with Crippen molar-refractivity contribution in [2.45, 2.75) is 25.2 Å². The van der Waals surface area contributed by atoms with Crippen molar-refractivity contribution >= 4 is 33.2 Å². The first-order valence-corrected chi connectivity index (χ1v) is 10.8. The molecule has 7 heteroatoms. The molecule has 1 N–H and O–H groups in total. The molecule has 2 atom stereocenters. The Hall–Kier alpha value is -1.89. The van der Waals surface area contributed by atoms with Crippen LogP contribution in [0.5, 0.6) is 0 Å². The second-order valence-electron chi connectivity index (χ2n) is 7.23. The maximum absolute atomic E-state index is 13.0. The molecule has 144 valence electrons. The Labute approximate surface area is 165 Å². The topological polar surface area (TPSA) is 66.5 Å². The Kier molecular flexibility index (Phi) is 5.89. The molecular weight excluding hydrogens is 384 g/mol. The monoisotopic (exact) mass is 406 g/mol.